The molecule has 0 fully saturated rings. The highest BCUT2D eigenvalue weighted by Crippen LogP contribution is 2.37. The Morgan fingerprint density at radius 1 is 1.08 bits per heavy atom. The first-order valence-corrected chi connectivity index (χ1v) is 8.39. The molecular weight excluding hydrogens is 346 g/mol. The minimum Gasteiger partial charge on any atom is -0.496 e. The molecule has 1 heterocycles. The quantitative estimate of drug-likeness (QED) is 0.503. The minimum absolute atomic E-state index is 0.595. The topological polar surface area (TPSA) is 50.8 Å². The van der Waals surface area contributed by atoms with Crippen molar-refractivity contribution in [3.8, 4) is 28.6 Å². The van der Waals surface area contributed by atoms with Crippen molar-refractivity contribution < 1.29 is 4.74 Å². The van der Waals surface area contributed by atoms with Crippen LogP contribution < -0.4 is 4.74 Å². The normalized spacial score (nSPS) is 10.7. The highest BCUT2D eigenvalue weighted by molar-refractivity contribution is 6.33. The zero-order chi connectivity index (χ0) is 18.1. The third kappa shape index (κ3) is 2.69. The van der Waals surface area contributed by atoms with E-state index in [1.165, 1.54) is 0 Å². The van der Waals surface area contributed by atoms with E-state index >= 15 is 0 Å². The van der Waals surface area contributed by atoms with E-state index in [9.17, 15) is 0 Å². The van der Waals surface area contributed by atoms with Gasteiger partial charge in [0.15, 0.2) is 0 Å². The van der Waals surface area contributed by atoms with Crippen molar-refractivity contribution in [3.63, 3.8) is 0 Å². The molecule has 3 aromatic carbocycles. The highest BCUT2D eigenvalue weighted by atomic mass is 35.5. The number of nitriles is 1. The minimum atomic E-state index is 0.595. The molecule has 4 rings (SSSR count). The van der Waals surface area contributed by atoms with Crippen LogP contribution in [0.5, 0.6) is 5.75 Å². The van der Waals surface area contributed by atoms with Gasteiger partial charge in [-0.2, -0.15) is 5.26 Å². The number of benzene rings is 3. The third-order valence-corrected chi connectivity index (χ3v) is 4.60. The number of methoxy groups -OCH3 is 1. The fourth-order valence-corrected chi connectivity index (χ4v) is 3.33. The van der Waals surface area contributed by atoms with Crippen molar-refractivity contribution in [1.29, 1.82) is 5.26 Å². The second kappa shape index (κ2) is 6.55. The van der Waals surface area contributed by atoms with Gasteiger partial charge in [0.2, 0.25) is 0 Å². The van der Waals surface area contributed by atoms with Gasteiger partial charge in [-0.25, -0.2) is 4.98 Å². The second-order valence-electron chi connectivity index (χ2n) is 5.80. The molecule has 0 radical (unpaired) electrons. The van der Waals surface area contributed by atoms with Crippen LogP contribution in [-0.4, -0.2) is 16.7 Å². The summed E-state index contributed by atoms with van der Waals surface area (Å²) in [5.41, 5.74) is 5.08. The summed E-state index contributed by atoms with van der Waals surface area (Å²) in [4.78, 5) is 4.42. The maximum atomic E-state index is 9.05. The zero-order valence-electron chi connectivity index (χ0n) is 14.0. The monoisotopic (exact) mass is 359 g/mol. The fraction of sp³-hybridized carbons (Fsp3) is 0.0476. The molecule has 0 aliphatic rings. The van der Waals surface area contributed by atoms with Crippen molar-refractivity contribution in [3.05, 3.63) is 77.6 Å². The lowest BCUT2D eigenvalue weighted by Gasteiger charge is -2.12. The van der Waals surface area contributed by atoms with Crippen LogP contribution in [0, 0.1) is 11.3 Å². The molecular formula is C21H14ClN3O. The van der Waals surface area contributed by atoms with E-state index in [2.05, 4.69) is 11.1 Å². The van der Waals surface area contributed by atoms with Gasteiger partial charge in [-0.15, -0.1) is 0 Å². The molecule has 0 unspecified atom stereocenters. The van der Waals surface area contributed by atoms with Crippen molar-refractivity contribution in [2.24, 2.45) is 0 Å². The summed E-state index contributed by atoms with van der Waals surface area (Å²) in [5.74, 6) is 0.726. The van der Waals surface area contributed by atoms with Crippen LogP contribution in [0.15, 0.2) is 67.0 Å². The molecule has 0 saturated heterocycles. The van der Waals surface area contributed by atoms with Gasteiger partial charge in [0, 0.05) is 11.3 Å². The number of imidazole rings is 1. The van der Waals surface area contributed by atoms with Gasteiger partial charge in [-0.05, 0) is 48.0 Å². The fourth-order valence-electron chi connectivity index (χ4n) is 3.05. The number of nitrogens with zero attached hydrogens (tertiary/aromatic N) is 3. The molecule has 0 saturated carbocycles. The van der Waals surface area contributed by atoms with E-state index in [0.717, 1.165) is 33.6 Å². The predicted octanol–water partition coefficient (Wildman–Crippen LogP) is 5.23. The Labute approximate surface area is 155 Å². The SMILES string of the molecule is COc1cccc(Cl)c1-c1cccc(-n2cnc3cc(C#N)ccc32)c1. The van der Waals surface area contributed by atoms with Crippen molar-refractivity contribution >= 4 is 22.6 Å². The zero-order valence-corrected chi connectivity index (χ0v) is 14.7. The summed E-state index contributed by atoms with van der Waals surface area (Å²) in [6.07, 6.45) is 1.76. The molecule has 0 aliphatic carbocycles. The molecule has 0 atom stereocenters. The van der Waals surface area contributed by atoms with E-state index in [1.807, 2.05) is 53.1 Å². The van der Waals surface area contributed by atoms with E-state index in [0.29, 0.717) is 10.6 Å². The van der Waals surface area contributed by atoms with Crippen LogP contribution in [0.3, 0.4) is 0 Å². The number of ether oxygens (including phenoxy) is 1. The number of hydrogen-bond acceptors (Lipinski definition) is 3. The van der Waals surface area contributed by atoms with E-state index < -0.39 is 0 Å². The molecule has 126 valence electrons. The molecule has 5 heteroatoms. The molecule has 4 aromatic rings. The van der Waals surface area contributed by atoms with Gasteiger partial charge < -0.3 is 4.74 Å². The number of hydrogen-bond donors (Lipinski definition) is 0. The summed E-state index contributed by atoms with van der Waals surface area (Å²) in [7, 11) is 1.63. The Bertz CT molecular complexity index is 1160. The predicted molar refractivity (Wildman–Crippen MR) is 103 cm³/mol. The summed E-state index contributed by atoms with van der Waals surface area (Å²) in [5, 5.41) is 9.68. The van der Waals surface area contributed by atoms with Crippen molar-refractivity contribution in [2.75, 3.05) is 7.11 Å². The average Bonchev–Trinajstić information content (AvgIpc) is 3.10. The van der Waals surface area contributed by atoms with Gasteiger partial charge in [-0.3, -0.25) is 4.57 Å². The van der Waals surface area contributed by atoms with E-state index in [1.54, 1.807) is 25.6 Å². The molecule has 4 nitrogen and oxygen atoms in total. The number of halogens is 1. The molecule has 26 heavy (non-hydrogen) atoms. The Hall–Kier alpha value is -3.29. The molecule has 0 bridgehead atoms. The van der Waals surface area contributed by atoms with Crippen LogP contribution in [0.2, 0.25) is 5.02 Å². The van der Waals surface area contributed by atoms with Crippen LogP contribution in [0.25, 0.3) is 27.8 Å². The number of fused-ring (bicyclic) bond motifs is 1. The standard InChI is InChI=1S/C21H14ClN3O/c1-26-20-7-3-6-17(22)21(20)15-4-2-5-16(11-15)25-13-24-18-10-14(12-23)8-9-19(18)25/h2-11,13H,1H3. The van der Waals surface area contributed by atoms with Crippen molar-refractivity contribution in [1.82, 2.24) is 9.55 Å². The smallest absolute Gasteiger partial charge is 0.128 e. The molecule has 0 aliphatic heterocycles. The van der Waals surface area contributed by atoms with Gasteiger partial charge in [-0.1, -0.05) is 29.8 Å². The van der Waals surface area contributed by atoms with Crippen LogP contribution in [-0.2, 0) is 0 Å². The molecule has 0 spiro atoms. The summed E-state index contributed by atoms with van der Waals surface area (Å²) >= 11 is 6.42. The van der Waals surface area contributed by atoms with Gasteiger partial charge in [0.1, 0.15) is 12.1 Å². The van der Waals surface area contributed by atoms with Crippen LogP contribution in [0.4, 0.5) is 0 Å². The maximum absolute atomic E-state index is 9.05. The van der Waals surface area contributed by atoms with Gasteiger partial charge in [0.05, 0.1) is 34.8 Å². The second-order valence-corrected chi connectivity index (χ2v) is 6.20. The lowest BCUT2D eigenvalue weighted by atomic mass is 10.0. The Kier molecular flexibility index (Phi) is 4.08. The van der Waals surface area contributed by atoms with E-state index in [-0.39, 0.29) is 0 Å². The Morgan fingerprint density at radius 3 is 2.73 bits per heavy atom. The summed E-state index contributed by atoms with van der Waals surface area (Å²) in [6.45, 7) is 0. The van der Waals surface area contributed by atoms with Crippen LogP contribution >= 0.6 is 11.6 Å². The Balaban J connectivity index is 1.87. The Morgan fingerprint density at radius 2 is 1.92 bits per heavy atom. The average molecular weight is 360 g/mol. The molecule has 0 amide bonds. The first-order valence-electron chi connectivity index (χ1n) is 8.02. The lowest BCUT2D eigenvalue weighted by Crippen LogP contribution is -1.94. The first kappa shape index (κ1) is 16.2. The highest BCUT2D eigenvalue weighted by Gasteiger charge is 2.12. The van der Waals surface area contributed by atoms with Gasteiger partial charge in [0.25, 0.3) is 0 Å². The van der Waals surface area contributed by atoms with Crippen molar-refractivity contribution in [2.45, 2.75) is 0 Å². The summed E-state index contributed by atoms with van der Waals surface area (Å²) < 4.78 is 7.46. The lowest BCUT2D eigenvalue weighted by molar-refractivity contribution is 0.416. The molecule has 0 N–H and O–H groups in total. The maximum Gasteiger partial charge on any atom is 0.128 e. The van der Waals surface area contributed by atoms with E-state index in [4.69, 9.17) is 21.6 Å². The summed E-state index contributed by atoms with van der Waals surface area (Å²) in [6, 6.07) is 21.3. The molecule has 1 aromatic heterocycles. The number of rotatable bonds is 3. The third-order valence-electron chi connectivity index (χ3n) is 4.28. The van der Waals surface area contributed by atoms with Gasteiger partial charge >= 0.3 is 0 Å². The first-order chi connectivity index (χ1) is 12.7. The largest absolute Gasteiger partial charge is 0.496 e. The number of aromatic nitrogens is 2. The van der Waals surface area contributed by atoms with Crippen LogP contribution in [0.1, 0.15) is 5.56 Å².